The molecule has 0 unspecified atom stereocenters. The zero-order valence-electron chi connectivity index (χ0n) is 16.9. The van der Waals surface area contributed by atoms with E-state index in [1.165, 1.54) is 0 Å². The molecule has 1 saturated heterocycles. The number of carbonyl (C=O) groups excluding carboxylic acids is 2. The van der Waals surface area contributed by atoms with Crippen LogP contribution in [0.5, 0.6) is 0 Å². The number of nitrogens with zero attached hydrogens (tertiary/aromatic N) is 3. The second-order valence-electron chi connectivity index (χ2n) is 7.80. The molecule has 29 heavy (non-hydrogen) atoms. The van der Waals surface area contributed by atoms with Crippen LogP contribution in [0.4, 0.5) is 10.5 Å². The van der Waals surface area contributed by atoms with Crippen molar-refractivity contribution in [3.05, 3.63) is 52.0 Å². The lowest BCUT2D eigenvalue weighted by Gasteiger charge is -2.35. The Kier molecular flexibility index (Phi) is 6.84. The highest BCUT2D eigenvalue weighted by molar-refractivity contribution is 9.10. The average molecular weight is 460 g/mol. The number of rotatable bonds is 4. The highest BCUT2D eigenvalue weighted by Gasteiger charge is 2.27. The zero-order chi connectivity index (χ0) is 21.0. The van der Waals surface area contributed by atoms with E-state index in [4.69, 9.17) is 0 Å². The van der Waals surface area contributed by atoms with Crippen LogP contribution < -0.4 is 10.6 Å². The van der Waals surface area contributed by atoms with Crippen molar-refractivity contribution in [1.82, 2.24) is 20.2 Å². The summed E-state index contributed by atoms with van der Waals surface area (Å²) in [5.74, 6) is 0.861. The minimum Gasteiger partial charge on any atom is -0.338 e. The van der Waals surface area contributed by atoms with Crippen LogP contribution in [-0.4, -0.2) is 39.9 Å². The molecular formula is C21H26BrN5O2. The number of amides is 3. The summed E-state index contributed by atoms with van der Waals surface area (Å²) in [6, 6.07) is 4.90. The highest BCUT2D eigenvalue weighted by atomic mass is 79.9. The summed E-state index contributed by atoms with van der Waals surface area (Å²) in [6.45, 7) is 7.89. The number of hydrogen-bond acceptors (Lipinski definition) is 4. The maximum absolute atomic E-state index is 13.2. The third-order valence-electron chi connectivity index (χ3n) is 4.88. The van der Waals surface area contributed by atoms with E-state index in [0.717, 1.165) is 29.7 Å². The Morgan fingerprint density at radius 1 is 1.17 bits per heavy atom. The van der Waals surface area contributed by atoms with Gasteiger partial charge in [-0.3, -0.25) is 14.8 Å². The van der Waals surface area contributed by atoms with Crippen molar-refractivity contribution >= 4 is 33.6 Å². The topological polar surface area (TPSA) is 87.2 Å². The first-order valence-electron chi connectivity index (χ1n) is 9.73. The summed E-state index contributed by atoms with van der Waals surface area (Å²) in [4.78, 5) is 35.8. The van der Waals surface area contributed by atoms with E-state index in [1.807, 2.05) is 11.8 Å². The van der Waals surface area contributed by atoms with Gasteiger partial charge in [-0.05, 0) is 43.4 Å². The van der Waals surface area contributed by atoms with Gasteiger partial charge in [0.1, 0.15) is 0 Å². The Morgan fingerprint density at radius 2 is 1.90 bits per heavy atom. The van der Waals surface area contributed by atoms with Crippen LogP contribution in [-0.2, 0) is 6.54 Å². The van der Waals surface area contributed by atoms with Gasteiger partial charge in [0.2, 0.25) is 0 Å². The van der Waals surface area contributed by atoms with Gasteiger partial charge in [-0.15, -0.1) is 0 Å². The fourth-order valence-electron chi connectivity index (χ4n) is 3.65. The minimum absolute atomic E-state index is 0.0654. The molecule has 3 amide bonds. The number of piperidine rings is 1. The minimum atomic E-state index is -0.399. The molecule has 1 aliphatic rings. The Hall–Kier alpha value is -2.48. The maximum atomic E-state index is 13.2. The SMILES string of the molecule is Cc1cnc(CNC(=O)Nc2ccc(Br)cc2C(=O)N2C[C@H](C)C[C@H](C)C2)cn1. The van der Waals surface area contributed by atoms with Crippen molar-refractivity contribution in [3.8, 4) is 0 Å². The lowest BCUT2D eigenvalue weighted by atomic mass is 9.91. The summed E-state index contributed by atoms with van der Waals surface area (Å²) in [5.41, 5.74) is 2.44. The molecule has 1 aromatic heterocycles. The first-order chi connectivity index (χ1) is 13.8. The van der Waals surface area contributed by atoms with E-state index in [0.29, 0.717) is 28.8 Å². The molecule has 0 spiro atoms. The first kappa shape index (κ1) is 21.2. The van der Waals surface area contributed by atoms with Crippen molar-refractivity contribution in [2.24, 2.45) is 11.8 Å². The number of hydrogen-bond donors (Lipinski definition) is 2. The molecule has 2 aromatic rings. The predicted octanol–water partition coefficient (Wildman–Crippen LogP) is 3.99. The van der Waals surface area contributed by atoms with Gasteiger partial charge in [0.25, 0.3) is 5.91 Å². The Labute approximate surface area is 179 Å². The lowest BCUT2D eigenvalue weighted by Crippen LogP contribution is -2.43. The van der Waals surface area contributed by atoms with E-state index in [2.05, 4.69) is 50.4 Å². The van der Waals surface area contributed by atoms with E-state index < -0.39 is 6.03 Å². The molecule has 8 heteroatoms. The summed E-state index contributed by atoms with van der Waals surface area (Å²) in [5, 5.41) is 5.55. The molecule has 1 aromatic carbocycles. The number of halogens is 1. The van der Waals surface area contributed by atoms with Gasteiger partial charge in [-0.25, -0.2) is 4.79 Å². The number of likely N-dealkylation sites (tertiary alicyclic amines) is 1. The number of carbonyl (C=O) groups is 2. The monoisotopic (exact) mass is 459 g/mol. The molecule has 0 radical (unpaired) electrons. The number of urea groups is 1. The average Bonchev–Trinajstić information content (AvgIpc) is 2.67. The number of anilines is 1. The van der Waals surface area contributed by atoms with Gasteiger partial charge in [-0.1, -0.05) is 29.8 Å². The van der Waals surface area contributed by atoms with Crippen LogP contribution in [0.15, 0.2) is 35.1 Å². The summed E-state index contributed by atoms with van der Waals surface area (Å²) in [7, 11) is 0. The Balaban J connectivity index is 1.70. The van der Waals surface area contributed by atoms with E-state index in [9.17, 15) is 9.59 Å². The van der Waals surface area contributed by atoms with Crippen LogP contribution in [0.3, 0.4) is 0 Å². The van der Waals surface area contributed by atoms with Gasteiger partial charge in [0, 0.05) is 23.8 Å². The van der Waals surface area contributed by atoms with Crippen molar-refractivity contribution in [3.63, 3.8) is 0 Å². The molecule has 2 N–H and O–H groups in total. The second-order valence-corrected chi connectivity index (χ2v) is 8.72. The van der Waals surface area contributed by atoms with Gasteiger partial charge >= 0.3 is 6.03 Å². The van der Waals surface area contributed by atoms with Gasteiger partial charge < -0.3 is 15.5 Å². The molecule has 1 aliphatic heterocycles. The van der Waals surface area contributed by atoms with Crippen LogP contribution in [0.1, 0.15) is 42.0 Å². The van der Waals surface area contributed by atoms with Crippen molar-refractivity contribution in [1.29, 1.82) is 0 Å². The summed E-state index contributed by atoms with van der Waals surface area (Å²) in [6.07, 6.45) is 4.40. The van der Waals surface area contributed by atoms with Crippen molar-refractivity contribution in [2.75, 3.05) is 18.4 Å². The normalized spacial score (nSPS) is 19.0. The molecule has 0 bridgehead atoms. The third kappa shape index (κ3) is 5.76. The number of benzene rings is 1. The molecule has 0 aliphatic carbocycles. The van der Waals surface area contributed by atoms with Crippen LogP contribution in [0, 0.1) is 18.8 Å². The summed E-state index contributed by atoms with van der Waals surface area (Å²) < 4.78 is 0.792. The number of nitrogens with one attached hydrogen (secondary N) is 2. The maximum Gasteiger partial charge on any atom is 0.319 e. The van der Waals surface area contributed by atoms with Crippen LogP contribution >= 0.6 is 15.9 Å². The predicted molar refractivity (Wildman–Crippen MR) is 116 cm³/mol. The molecule has 1 fully saturated rings. The van der Waals surface area contributed by atoms with E-state index in [-0.39, 0.29) is 12.5 Å². The molecular weight excluding hydrogens is 434 g/mol. The second kappa shape index (κ2) is 9.35. The van der Waals surface area contributed by atoms with Crippen molar-refractivity contribution < 1.29 is 9.59 Å². The Bertz CT molecular complexity index is 877. The van der Waals surface area contributed by atoms with Gasteiger partial charge in [0.05, 0.1) is 35.4 Å². The first-order valence-corrected chi connectivity index (χ1v) is 10.5. The molecule has 154 valence electrons. The van der Waals surface area contributed by atoms with Gasteiger partial charge in [0.15, 0.2) is 0 Å². The zero-order valence-corrected chi connectivity index (χ0v) is 18.5. The van der Waals surface area contributed by atoms with Gasteiger partial charge in [-0.2, -0.15) is 0 Å². The standard InChI is InChI=1S/C21H26BrN5O2/c1-13-6-14(2)12-27(11-13)20(28)18-7-16(22)4-5-19(18)26-21(29)25-10-17-9-23-15(3)8-24-17/h4-5,7-9,13-14H,6,10-12H2,1-3H3,(H2,25,26,29)/t13-,14+. The fraction of sp³-hybridized carbons (Fsp3) is 0.429. The molecule has 2 heterocycles. The number of aryl methyl sites for hydroxylation is 1. The molecule has 7 nitrogen and oxygen atoms in total. The lowest BCUT2D eigenvalue weighted by molar-refractivity contribution is 0.0624. The van der Waals surface area contributed by atoms with Crippen LogP contribution in [0.2, 0.25) is 0 Å². The quantitative estimate of drug-likeness (QED) is 0.723. The molecule has 2 atom stereocenters. The smallest absolute Gasteiger partial charge is 0.319 e. The Morgan fingerprint density at radius 3 is 2.55 bits per heavy atom. The van der Waals surface area contributed by atoms with Crippen LogP contribution in [0.25, 0.3) is 0 Å². The molecule has 3 rings (SSSR count). The highest BCUT2D eigenvalue weighted by Crippen LogP contribution is 2.27. The van der Waals surface area contributed by atoms with Crippen molar-refractivity contribution in [2.45, 2.75) is 33.7 Å². The third-order valence-corrected chi connectivity index (χ3v) is 5.37. The molecule has 0 saturated carbocycles. The largest absolute Gasteiger partial charge is 0.338 e. The summed E-state index contributed by atoms with van der Waals surface area (Å²) >= 11 is 3.43. The fourth-order valence-corrected chi connectivity index (χ4v) is 4.01. The van der Waals surface area contributed by atoms with E-state index >= 15 is 0 Å². The van der Waals surface area contributed by atoms with E-state index in [1.54, 1.807) is 30.6 Å². The number of aromatic nitrogens is 2.